The zero-order valence-electron chi connectivity index (χ0n) is 17.2. The van der Waals surface area contributed by atoms with Crippen LogP contribution in [0.4, 0.5) is 13.2 Å². The van der Waals surface area contributed by atoms with E-state index in [1.54, 1.807) is 0 Å². The Labute approximate surface area is 177 Å². The molecule has 0 aromatic heterocycles. The van der Waals surface area contributed by atoms with Gasteiger partial charge in [0, 0.05) is 34.4 Å². The average Bonchev–Trinajstić information content (AvgIpc) is 2.71. The van der Waals surface area contributed by atoms with Crippen LogP contribution in [0.3, 0.4) is 0 Å². The van der Waals surface area contributed by atoms with Crippen LogP contribution in [0.25, 0.3) is 0 Å². The molecule has 0 heterocycles. The first-order valence-electron chi connectivity index (χ1n) is 10.2. The molecule has 0 radical (unpaired) electrons. The molecular weight excluding hydrogens is 419 g/mol. The van der Waals surface area contributed by atoms with Gasteiger partial charge in [0.1, 0.15) is 5.75 Å². The molecule has 2 rings (SSSR count). The Bertz CT molecular complexity index is 713. The van der Waals surface area contributed by atoms with E-state index < -0.39 is 23.3 Å². The largest absolute Gasteiger partial charge is 0.573 e. The molecule has 30 heavy (non-hydrogen) atoms. The Morgan fingerprint density at radius 1 is 1.30 bits per heavy atom. The third-order valence-electron chi connectivity index (χ3n) is 4.89. The number of aliphatic hydroxyl groups excluding tert-OH is 1. The standard InChI is InChI=1S/C20H30F3N3O3S/c1-3-24-19(26-15-6-5-7-17(12-15)30(28)4-2)25-13-18(27)14-8-10-16(11-9-14)29-20(21,22)23/h8-11,15,17-18,27H,3-7,12-13H2,1-2H3,(H2,24,25,26). The van der Waals surface area contributed by atoms with Crippen LogP contribution in [-0.2, 0) is 10.8 Å². The van der Waals surface area contributed by atoms with E-state index in [-0.39, 0.29) is 23.6 Å². The first-order chi connectivity index (χ1) is 14.2. The minimum atomic E-state index is -4.75. The Morgan fingerprint density at radius 2 is 2.00 bits per heavy atom. The predicted molar refractivity (Wildman–Crippen MR) is 112 cm³/mol. The second-order valence-corrected chi connectivity index (χ2v) is 9.16. The van der Waals surface area contributed by atoms with Crippen LogP contribution < -0.4 is 15.4 Å². The van der Waals surface area contributed by atoms with E-state index in [0.717, 1.165) is 37.8 Å². The number of ether oxygens (including phenoxy) is 1. The summed E-state index contributed by atoms with van der Waals surface area (Å²) in [6.45, 7) is 4.55. The Hall–Kier alpha value is -1.81. The van der Waals surface area contributed by atoms with Gasteiger partial charge in [-0.3, -0.25) is 9.20 Å². The second-order valence-electron chi connectivity index (χ2n) is 7.15. The highest BCUT2D eigenvalue weighted by Crippen LogP contribution is 2.25. The first-order valence-corrected chi connectivity index (χ1v) is 11.6. The van der Waals surface area contributed by atoms with Crippen LogP contribution in [0.2, 0.25) is 0 Å². The maximum Gasteiger partial charge on any atom is 0.573 e. The van der Waals surface area contributed by atoms with Crippen molar-refractivity contribution in [3.63, 3.8) is 0 Å². The van der Waals surface area contributed by atoms with Gasteiger partial charge in [0.25, 0.3) is 0 Å². The minimum absolute atomic E-state index is 0.0475. The maximum atomic E-state index is 12.2. The van der Waals surface area contributed by atoms with Gasteiger partial charge in [0.15, 0.2) is 5.96 Å². The number of halogens is 3. The summed E-state index contributed by atoms with van der Waals surface area (Å²) in [7, 11) is -0.818. The van der Waals surface area contributed by atoms with Crippen molar-refractivity contribution >= 4 is 16.8 Å². The fourth-order valence-corrected chi connectivity index (χ4v) is 4.79. The second kappa shape index (κ2) is 11.5. The summed E-state index contributed by atoms with van der Waals surface area (Å²) in [5.74, 6) is 0.875. The van der Waals surface area contributed by atoms with E-state index in [9.17, 15) is 22.5 Å². The van der Waals surface area contributed by atoms with Crippen LogP contribution in [0.15, 0.2) is 29.3 Å². The lowest BCUT2D eigenvalue weighted by Gasteiger charge is -2.30. The van der Waals surface area contributed by atoms with Gasteiger partial charge in [0.2, 0.25) is 0 Å². The number of benzene rings is 1. The van der Waals surface area contributed by atoms with Crippen LogP contribution >= 0.6 is 0 Å². The number of alkyl halides is 3. The van der Waals surface area contributed by atoms with Gasteiger partial charge in [-0.15, -0.1) is 13.2 Å². The Balaban J connectivity index is 1.95. The maximum absolute atomic E-state index is 12.2. The smallest absolute Gasteiger partial charge is 0.406 e. The summed E-state index contributed by atoms with van der Waals surface area (Å²) in [4.78, 5) is 4.41. The van der Waals surface area contributed by atoms with E-state index in [1.807, 2.05) is 13.8 Å². The molecule has 6 nitrogen and oxygen atoms in total. The molecule has 1 fully saturated rings. The highest BCUT2D eigenvalue weighted by atomic mass is 32.2. The van der Waals surface area contributed by atoms with Crippen molar-refractivity contribution in [3.05, 3.63) is 29.8 Å². The molecule has 4 unspecified atom stereocenters. The third kappa shape index (κ3) is 8.14. The van der Waals surface area contributed by atoms with Gasteiger partial charge < -0.3 is 20.5 Å². The number of aliphatic imine (C=N–C) groups is 1. The molecule has 4 atom stereocenters. The monoisotopic (exact) mass is 449 g/mol. The van der Waals surface area contributed by atoms with Gasteiger partial charge in [-0.1, -0.05) is 25.5 Å². The molecule has 1 aliphatic carbocycles. The summed E-state index contributed by atoms with van der Waals surface area (Å²) in [5.41, 5.74) is 0.445. The van der Waals surface area contributed by atoms with Crippen molar-refractivity contribution in [1.82, 2.24) is 10.6 Å². The molecule has 3 N–H and O–H groups in total. The molecule has 1 aromatic rings. The van der Waals surface area contributed by atoms with E-state index in [2.05, 4.69) is 20.4 Å². The van der Waals surface area contributed by atoms with Crippen LogP contribution in [0.1, 0.15) is 51.2 Å². The number of rotatable bonds is 8. The van der Waals surface area contributed by atoms with Crippen molar-refractivity contribution < 1.29 is 27.2 Å². The number of guanidine groups is 1. The van der Waals surface area contributed by atoms with Crippen LogP contribution in [0.5, 0.6) is 5.75 Å². The number of aliphatic hydroxyl groups is 1. The summed E-state index contributed by atoms with van der Waals surface area (Å²) in [6.07, 6.45) is -1.97. The van der Waals surface area contributed by atoms with Crippen molar-refractivity contribution in [2.75, 3.05) is 18.8 Å². The van der Waals surface area contributed by atoms with Gasteiger partial charge in [-0.25, -0.2) is 0 Å². The quantitative estimate of drug-likeness (QED) is 0.419. The average molecular weight is 450 g/mol. The molecule has 10 heteroatoms. The summed E-state index contributed by atoms with van der Waals surface area (Å²) in [5, 5.41) is 17.0. The lowest BCUT2D eigenvalue weighted by molar-refractivity contribution is -0.274. The van der Waals surface area contributed by atoms with Crippen LogP contribution in [-0.4, -0.2) is 51.8 Å². The molecule has 1 aromatic carbocycles. The summed E-state index contributed by atoms with van der Waals surface area (Å²) in [6, 6.07) is 5.25. The van der Waals surface area contributed by atoms with Crippen molar-refractivity contribution in [3.8, 4) is 5.75 Å². The SMILES string of the molecule is CCNC(=NCC(O)c1ccc(OC(F)(F)F)cc1)NC1CCCC(S(=O)CC)C1. The molecule has 0 amide bonds. The summed E-state index contributed by atoms with van der Waals surface area (Å²) < 4.78 is 52.7. The van der Waals surface area contributed by atoms with E-state index in [1.165, 1.54) is 12.1 Å². The van der Waals surface area contributed by atoms with E-state index >= 15 is 0 Å². The highest BCUT2D eigenvalue weighted by molar-refractivity contribution is 7.85. The fraction of sp³-hybridized carbons (Fsp3) is 0.650. The Morgan fingerprint density at radius 3 is 2.60 bits per heavy atom. The highest BCUT2D eigenvalue weighted by Gasteiger charge is 2.31. The first kappa shape index (κ1) is 24.5. The molecule has 1 aliphatic rings. The van der Waals surface area contributed by atoms with Gasteiger partial charge in [0.05, 0.1) is 12.6 Å². The van der Waals surface area contributed by atoms with Gasteiger partial charge >= 0.3 is 6.36 Å². The molecule has 1 saturated carbocycles. The zero-order chi connectivity index (χ0) is 22.1. The normalized spacial score (nSPS) is 22.3. The topological polar surface area (TPSA) is 83.0 Å². The van der Waals surface area contributed by atoms with Gasteiger partial charge in [-0.2, -0.15) is 0 Å². The number of nitrogens with one attached hydrogen (secondary N) is 2. The third-order valence-corrected chi connectivity index (χ3v) is 6.63. The number of hydrogen-bond acceptors (Lipinski definition) is 4. The van der Waals surface area contributed by atoms with Gasteiger partial charge in [-0.05, 0) is 43.9 Å². The van der Waals surface area contributed by atoms with E-state index in [0.29, 0.717) is 23.8 Å². The molecule has 170 valence electrons. The van der Waals surface area contributed by atoms with Crippen molar-refractivity contribution in [1.29, 1.82) is 0 Å². The fourth-order valence-electron chi connectivity index (χ4n) is 3.44. The lowest BCUT2D eigenvalue weighted by atomic mass is 9.95. The van der Waals surface area contributed by atoms with E-state index in [4.69, 9.17) is 0 Å². The van der Waals surface area contributed by atoms with Crippen molar-refractivity contribution in [2.45, 2.75) is 63.3 Å². The summed E-state index contributed by atoms with van der Waals surface area (Å²) >= 11 is 0. The lowest BCUT2D eigenvalue weighted by Crippen LogP contribution is -2.46. The predicted octanol–water partition coefficient (Wildman–Crippen LogP) is 3.25. The number of hydrogen-bond donors (Lipinski definition) is 3. The molecule has 0 saturated heterocycles. The number of nitrogens with zero attached hydrogens (tertiary/aromatic N) is 1. The molecular formula is C20H30F3N3O3S. The Kier molecular flexibility index (Phi) is 9.41. The van der Waals surface area contributed by atoms with Crippen LogP contribution in [0, 0.1) is 0 Å². The molecule has 0 aliphatic heterocycles. The zero-order valence-corrected chi connectivity index (χ0v) is 18.1. The minimum Gasteiger partial charge on any atom is -0.406 e. The van der Waals surface area contributed by atoms with Crippen molar-refractivity contribution in [2.24, 2.45) is 4.99 Å². The molecule has 0 bridgehead atoms. The molecule has 0 spiro atoms.